The molecule has 2 aromatic heterocycles. The van der Waals surface area contributed by atoms with Crippen LogP contribution in [0.4, 0.5) is 5.95 Å². The van der Waals surface area contributed by atoms with Crippen LogP contribution in [0.3, 0.4) is 0 Å². The van der Waals surface area contributed by atoms with Crippen LogP contribution in [-0.2, 0) is 0 Å². The standard InChI is InChI=1S/C16H17N5/c1-12(14-8-4-3-5-9-14)17-15-18-13(2)19-16(20-15)21-10-6-7-11-21/h3-12H,1-2H3,(H,17,18,19,20)/t12-/m0/s1. The Morgan fingerprint density at radius 3 is 2.38 bits per heavy atom. The maximum atomic E-state index is 4.47. The van der Waals surface area contributed by atoms with Crippen LogP contribution in [0.5, 0.6) is 0 Å². The zero-order chi connectivity index (χ0) is 14.7. The normalized spacial score (nSPS) is 12.1. The fourth-order valence-electron chi connectivity index (χ4n) is 2.13. The van der Waals surface area contributed by atoms with Gasteiger partial charge < -0.3 is 5.32 Å². The minimum Gasteiger partial charge on any atom is -0.348 e. The van der Waals surface area contributed by atoms with Crippen LogP contribution in [0.25, 0.3) is 5.95 Å². The van der Waals surface area contributed by atoms with Crippen molar-refractivity contribution in [2.75, 3.05) is 5.32 Å². The molecule has 5 nitrogen and oxygen atoms in total. The Morgan fingerprint density at radius 2 is 1.67 bits per heavy atom. The predicted molar refractivity (Wildman–Crippen MR) is 82.4 cm³/mol. The van der Waals surface area contributed by atoms with Gasteiger partial charge in [-0.25, -0.2) is 0 Å². The van der Waals surface area contributed by atoms with E-state index >= 15 is 0 Å². The van der Waals surface area contributed by atoms with Crippen LogP contribution in [0.1, 0.15) is 24.4 Å². The first-order chi connectivity index (χ1) is 10.2. The molecule has 0 aliphatic carbocycles. The number of aryl methyl sites for hydroxylation is 1. The van der Waals surface area contributed by atoms with Crippen LogP contribution in [0.2, 0.25) is 0 Å². The highest BCUT2D eigenvalue weighted by atomic mass is 15.2. The average Bonchev–Trinajstić information content (AvgIpc) is 3.02. The zero-order valence-corrected chi connectivity index (χ0v) is 12.1. The highest BCUT2D eigenvalue weighted by Crippen LogP contribution is 2.16. The number of benzene rings is 1. The molecule has 2 heterocycles. The third-order valence-electron chi connectivity index (χ3n) is 3.22. The van der Waals surface area contributed by atoms with Crippen LogP contribution in [0.15, 0.2) is 54.9 Å². The molecular formula is C16H17N5. The van der Waals surface area contributed by atoms with E-state index in [0.29, 0.717) is 17.7 Å². The number of nitrogens with one attached hydrogen (secondary N) is 1. The number of anilines is 1. The summed E-state index contributed by atoms with van der Waals surface area (Å²) < 4.78 is 1.87. The Labute approximate surface area is 123 Å². The Balaban J connectivity index is 1.86. The van der Waals surface area contributed by atoms with Gasteiger partial charge in [0, 0.05) is 12.4 Å². The summed E-state index contributed by atoms with van der Waals surface area (Å²) in [5.74, 6) is 1.90. The van der Waals surface area contributed by atoms with Gasteiger partial charge in [0.05, 0.1) is 6.04 Å². The molecule has 0 spiro atoms. The van der Waals surface area contributed by atoms with Crippen LogP contribution in [-0.4, -0.2) is 19.5 Å². The first-order valence-electron chi connectivity index (χ1n) is 6.90. The molecule has 0 amide bonds. The number of hydrogen-bond donors (Lipinski definition) is 1. The molecule has 3 aromatic rings. The second-order valence-corrected chi connectivity index (χ2v) is 4.87. The minimum absolute atomic E-state index is 0.130. The largest absolute Gasteiger partial charge is 0.348 e. The van der Waals surface area contributed by atoms with Gasteiger partial charge in [-0.2, -0.15) is 15.0 Å². The molecule has 5 heteroatoms. The summed E-state index contributed by atoms with van der Waals surface area (Å²) in [7, 11) is 0. The Bertz CT molecular complexity index is 707. The second-order valence-electron chi connectivity index (χ2n) is 4.87. The van der Waals surface area contributed by atoms with Gasteiger partial charge in [-0.05, 0) is 31.5 Å². The van der Waals surface area contributed by atoms with Crippen molar-refractivity contribution in [2.24, 2.45) is 0 Å². The molecule has 0 fully saturated rings. The van der Waals surface area contributed by atoms with Gasteiger partial charge in [0.2, 0.25) is 11.9 Å². The maximum absolute atomic E-state index is 4.47. The topological polar surface area (TPSA) is 55.6 Å². The highest BCUT2D eigenvalue weighted by Gasteiger charge is 2.09. The van der Waals surface area contributed by atoms with Crippen LogP contribution >= 0.6 is 0 Å². The van der Waals surface area contributed by atoms with E-state index in [9.17, 15) is 0 Å². The van der Waals surface area contributed by atoms with Gasteiger partial charge in [0.1, 0.15) is 5.82 Å². The summed E-state index contributed by atoms with van der Waals surface area (Å²) >= 11 is 0. The van der Waals surface area contributed by atoms with Crippen molar-refractivity contribution in [1.29, 1.82) is 0 Å². The van der Waals surface area contributed by atoms with E-state index in [2.05, 4.69) is 39.3 Å². The lowest BCUT2D eigenvalue weighted by atomic mass is 10.1. The molecule has 0 aliphatic heterocycles. The fourth-order valence-corrected chi connectivity index (χ4v) is 2.13. The first-order valence-corrected chi connectivity index (χ1v) is 6.90. The van der Waals surface area contributed by atoms with Crippen LogP contribution in [0, 0.1) is 6.92 Å². The molecule has 106 valence electrons. The number of rotatable bonds is 4. The van der Waals surface area contributed by atoms with Gasteiger partial charge in [-0.1, -0.05) is 30.3 Å². The van der Waals surface area contributed by atoms with Crippen molar-refractivity contribution in [3.8, 4) is 5.95 Å². The van der Waals surface area contributed by atoms with Gasteiger partial charge in [0.25, 0.3) is 0 Å². The number of aromatic nitrogens is 4. The van der Waals surface area contributed by atoms with Crippen molar-refractivity contribution in [2.45, 2.75) is 19.9 Å². The van der Waals surface area contributed by atoms with Crippen molar-refractivity contribution in [3.63, 3.8) is 0 Å². The van der Waals surface area contributed by atoms with E-state index in [1.165, 1.54) is 5.56 Å². The molecule has 21 heavy (non-hydrogen) atoms. The molecule has 0 radical (unpaired) electrons. The summed E-state index contributed by atoms with van der Waals surface area (Å²) in [4.78, 5) is 13.2. The fraction of sp³-hybridized carbons (Fsp3) is 0.188. The molecule has 1 atom stereocenters. The van der Waals surface area contributed by atoms with Crippen molar-refractivity contribution in [1.82, 2.24) is 19.5 Å². The third kappa shape index (κ3) is 3.08. The summed E-state index contributed by atoms with van der Waals surface area (Å²) in [5.41, 5.74) is 1.19. The summed E-state index contributed by atoms with van der Waals surface area (Å²) in [6.07, 6.45) is 3.83. The summed E-state index contributed by atoms with van der Waals surface area (Å²) in [5, 5.41) is 3.33. The molecule has 0 aliphatic rings. The van der Waals surface area contributed by atoms with E-state index in [4.69, 9.17) is 0 Å². The maximum Gasteiger partial charge on any atom is 0.238 e. The van der Waals surface area contributed by atoms with Gasteiger partial charge >= 0.3 is 0 Å². The van der Waals surface area contributed by atoms with E-state index in [-0.39, 0.29) is 6.04 Å². The van der Waals surface area contributed by atoms with Gasteiger partial charge in [0.15, 0.2) is 0 Å². The molecule has 3 rings (SSSR count). The van der Waals surface area contributed by atoms with Crippen LogP contribution < -0.4 is 5.32 Å². The molecular weight excluding hydrogens is 262 g/mol. The molecule has 1 N–H and O–H groups in total. The van der Waals surface area contributed by atoms with E-state index in [1.807, 2.05) is 54.2 Å². The van der Waals surface area contributed by atoms with Crippen molar-refractivity contribution >= 4 is 5.95 Å². The molecule has 1 aromatic carbocycles. The van der Waals surface area contributed by atoms with Gasteiger partial charge in [-0.15, -0.1) is 0 Å². The van der Waals surface area contributed by atoms with Crippen molar-refractivity contribution in [3.05, 3.63) is 66.2 Å². The number of nitrogens with zero attached hydrogens (tertiary/aromatic N) is 4. The van der Waals surface area contributed by atoms with E-state index < -0.39 is 0 Å². The zero-order valence-electron chi connectivity index (χ0n) is 12.1. The van der Waals surface area contributed by atoms with Gasteiger partial charge in [-0.3, -0.25) is 4.57 Å². The summed E-state index contributed by atoms with van der Waals surface area (Å²) in [6.45, 7) is 3.96. The third-order valence-corrected chi connectivity index (χ3v) is 3.22. The summed E-state index contributed by atoms with van der Waals surface area (Å²) in [6, 6.07) is 14.2. The molecule has 0 bridgehead atoms. The Morgan fingerprint density at radius 1 is 0.952 bits per heavy atom. The Kier molecular flexibility index (Phi) is 3.64. The number of hydrogen-bond acceptors (Lipinski definition) is 4. The minimum atomic E-state index is 0.130. The quantitative estimate of drug-likeness (QED) is 0.797. The monoisotopic (exact) mass is 279 g/mol. The second kappa shape index (κ2) is 5.75. The smallest absolute Gasteiger partial charge is 0.238 e. The Hall–Kier alpha value is -2.69. The lowest BCUT2D eigenvalue weighted by Crippen LogP contribution is -2.12. The SMILES string of the molecule is Cc1nc(N[C@@H](C)c2ccccc2)nc(-n2cccc2)n1. The first kappa shape index (κ1) is 13.3. The lowest BCUT2D eigenvalue weighted by Gasteiger charge is -2.15. The van der Waals surface area contributed by atoms with Crippen molar-refractivity contribution < 1.29 is 0 Å². The predicted octanol–water partition coefficient (Wildman–Crippen LogP) is 3.14. The molecule has 0 saturated carbocycles. The molecule has 0 unspecified atom stereocenters. The average molecular weight is 279 g/mol. The lowest BCUT2D eigenvalue weighted by molar-refractivity contribution is 0.821. The van der Waals surface area contributed by atoms with E-state index in [0.717, 1.165) is 0 Å². The highest BCUT2D eigenvalue weighted by molar-refractivity contribution is 5.33. The molecule has 0 saturated heterocycles. The van der Waals surface area contributed by atoms with E-state index in [1.54, 1.807) is 0 Å².